The molecule has 8 nitrogen and oxygen atoms in total. The Balaban J connectivity index is 1.68. The van der Waals surface area contributed by atoms with E-state index < -0.39 is 11.9 Å². The fourth-order valence-electron chi connectivity index (χ4n) is 2.92. The van der Waals surface area contributed by atoms with Gasteiger partial charge in [-0.3, -0.25) is 9.78 Å². The average Bonchev–Trinajstić information content (AvgIpc) is 2.77. The second-order valence-corrected chi connectivity index (χ2v) is 7.36. The average molecular weight is 435 g/mol. The van der Waals surface area contributed by atoms with Crippen LogP contribution in [0.3, 0.4) is 0 Å². The van der Waals surface area contributed by atoms with Crippen LogP contribution in [-0.2, 0) is 6.42 Å². The van der Waals surface area contributed by atoms with Crippen LogP contribution in [0.1, 0.15) is 46.5 Å². The molecule has 0 aliphatic heterocycles. The Kier molecular flexibility index (Phi) is 7.75. The lowest BCUT2D eigenvalue weighted by atomic mass is 10.1. The quantitative estimate of drug-likeness (QED) is 0.459. The van der Waals surface area contributed by atoms with Crippen molar-refractivity contribution in [1.82, 2.24) is 9.97 Å². The Labute approximate surface area is 186 Å². The number of carbonyl (C=O) groups is 2. The van der Waals surface area contributed by atoms with Crippen molar-refractivity contribution in [2.45, 2.75) is 32.8 Å². The monoisotopic (exact) mass is 435 g/mol. The first kappa shape index (κ1) is 22.7. The molecule has 32 heavy (non-hydrogen) atoms. The van der Waals surface area contributed by atoms with Crippen molar-refractivity contribution in [2.75, 3.05) is 11.9 Å². The number of nitrogens with one attached hydrogen (secondary N) is 1. The Bertz CT molecular complexity index is 1050. The summed E-state index contributed by atoms with van der Waals surface area (Å²) in [4.78, 5) is 31.8. The summed E-state index contributed by atoms with van der Waals surface area (Å²) < 4.78 is 11.6. The molecule has 2 heterocycles. The Morgan fingerprint density at radius 3 is 2.53 bits per heavy atom. The zero-order valence-electron chi connectivity index (χ0n) is 17.9. The summed E-state index contributed by atoms with van der Waals surface area (Å²) in [5.41, 5.74) is 1.52. The summed E-state index contributed by atoms with van der Waals surface area (Å²) in [6, 6.07) is 11.7. The third-order valence-corrected chi connectivity index (χ3v) is 4.37. The number of aromatic carboxylic acids is 1. The lowest BCUT2D eigenvalue weighted by Gasteiger charge is -2.14. The van der Waals surface area contributed by atoms with Crippen LogP contribution in [0.4, 0.5) is 5.82 Å². The molecule has 0 saturated carbocycles. The molecule has 0 radical (unpaired) electrons. The standard InChI is InChI=1S/C24H25N3O5/c1-16(2)32-21-12-19(23(28)27-22-8-7-18(15-26-22)24(29)30)11-20(13-21)31-10-4-6-17-5-3-9-25-14-17/h3,5,7-9,11-16H,4,6,10H2,1-2H3,(H,29,30)(H,26,27,28). The van der Waals surface area contributed by atoms with Gasteiger partial charge in [-0.05, 0) is 62.6 Å². The maximum Gasteiger partial charge on any atom is 0.337 e. The van der Waals surface area contributed by atoms with E-state index in [-0.39, 0.29) is 17.5 Å². The second-order valence-electron chi connectivity index (χ2n) is 7.36. The highest BCUT2D eigenvalue weighted by molar-refractivity contribution is 6.04. The van der Waals surface area contributed by atoms with Crippen molar-refractivity contribution in [1.29, 1.82) is 0 Å². The normalized spacial score (nSPS) is 10.6. The van der Waals surface area contributed by atoms with Crippen LogP contribution in [0.25, 0.3) is 0 Å². The van der Waals surface area contributed by atoms with Crippen LogP contribution in [-0.4, -0.2) is 39.7 Å². The molecule has 0 atom stereocenters. The molecule has 2 N–H and O–H groups in total. The molecular formula is C24H25N3O5. The third kappa shape index (κ3) is 6.80. The van der Waals surface area contributed by atoms with Gasteiger partial charge in [-0.1, -0.05) is 6.07 Å². The van der Waals surface area contributed by atoms with E-state index in [1.54, 1.807) is 24.4 Å². The molecule has 2 aromatic heterocycles. The largest absolute Gasteiger partial charge is 0.493 e. The number of pyridine rings is 2. The van der Waals surface area contributed by atoms with E-state index in [2.05, 4.69) is 15.3 Å². The van der Waals surface area contributed by atoms with E-state index >= 15 is 0 Å². The molecule has 0 unspecified atom stereocenters. The van der Waals surface area contributed by atoms with Gasteiger partial charge in [0.2, 0.25) is 0 Å². The lowest BCUT2D eigenvalue weighted by molar-refractivity contribution is 0.0696. The molecular weight excluding hydrogens is 410 g/mol. The Hall–Kier alpha value is -3.94. The van der Waals surface area contributed by atoms with Crippen LogP contribution in [0.5, 0.6) is 11.5 Å². The first-order valence-electron chi connectivity index (χ1n) is 10.2. The number of anilines is 1. The number of carboxylic acids is 1. The molecule has 8 heteroatoms. The van der Waals surface area contributed by atoms with Gasteiger partial charge >= 0.3 is 5.97 Å². The Morgan fingerprint density at radius 1 is 1.06 bits per heavy atom. The molecule has 166 valence electrons. The van der Waals surface area contributed by atoms with Crippen molar-refractivity contribution in [3.63, 3.8) is 0 Å². The number of carboxylic acid groups (broad SMARTS) is 1. The first-order valence-corrected chi connectivity index (χ1v) is 10.2. The minimum Gasteiger partial charge on any atom is -0.493 e. The molecule has 0 aliphatic rings. The number of ether oxygens (including phenoxy) is 2. The fraction of sp³-hybridized carbons (Fsp3) is 0.250. The number of amides is 1. The molecule has 0 fully saturated rings. The maximum absolute atomic E-state index is 12.8. The topological polar surface area (TPSA) is 111 Å². The zero-order valence-corrected chi connectivity index (χ0v) is 17.9. The molecule has 1 aromatic carbocycles. The number of carbonyl (C=O) groups excluding carboxylic acids is 1. The maximum atomic E-state index is 12.8. The summed E-state index contributed by atoms with van der Waals surface area (Å²) in [6.07, 6.45) is 6.31. The van der Waals surface area contributed by atoms with Gasteiger partial charge in [-0.25, -0.2) is 9.78 Å². The van der Waals surface area contributed by atoms with Crippen molar-refractivity contribution >= 4 is 17.7 Å². The van der Waals surface area contributed by atoms with Crippen LogP contribution >= 0.6 is 0 Å². The van der Waals surface area contributed by atoms with Gasteiger partial charge in [-0.15, -0.1) is 0 Å². The van der Waals surface area contributed by atoms with Crippen molar-refractivity contribution in [2.24, 2.45) is 0 Å². The SMILES string of the molecule is CC(C)Oc1cc(OCCCc2cccnc2)cc(C(=O)Nc2ccc(C(=O)O)cn2)c1. The van der Waals surface area contributed by atoms with Crippen molar-refractivity contribution in [3.05, 3.63) is 77.7 Å². The summed E-state index contributed by atoms with van der Waals surface area (Å²) in [5.74, 6) is -0.207. The van der Waals surface area contributed by atoms with Gasteiger partial charge in [-0.2, -0.15) is 0 Å². The summed E-state index contributed by atoms with van der Waals surface area (Å²) >= 11 is 0. The van der Waals surface area contributed by atoms with Crippen molar-refractivity contribution < 1.29 is 24.2 Å². The predicted molar refractivity (Wildman–Crippen MR) is 119 cm³/mol. The predicted octanol–water partition coefficient (Wildman–Crippen LogP) is 4.23. The minimum atomic E-state index is -1.08. The highest BCUT2D eigenvalue weighted by Gasteiger charge is 2.13. The second kappa shape index (κ2) is 10.9. The van der Waals surface area contributed by atoms with Gasteiger partial charge in [0.1, 0.15) is 17.3 Å². The van der Waals surface area contributed by atoms with E-state index in [1.807, 2.05) is 32.2 Å². The number of rotatable bonds is 10. The molecule has 1 amide bonds. The van der Waals surface area contributed by atoms with Gasteiger partial charge < -0.3 is 19.9 Å². The zero-order chi connectivity index (χ0) is 22.9. The lowest BCUT2D eigenvalue weighted by Crippen LogP contribution is -2.14. The van der Waals surface area contributed by atoms with Gasteiger partial charge in [0.05, 0.1) is 18.3 Å². The van der Waals surface area contributed by atoms with Crippen LogP contribution in [0, 0.1) is 0 Å². The van der Waals surface area contributed by atoms with Crippen LogP contribution in [0.2, 0.25) is 0 Å². The molecule has 0 bridgehead atoms. The van der Waals surface area contributed by atoms with E-state index in [0.29, 0.717) is 23.7 Å². The molecule has 0 saturated heterocycles. The summed E-state index contributed by atoms with van der Waals surface area (Å²) in [6.45, 7) is 4.27. The molecule has 3 rings (SSSR count). The number of aryl methyl sites for hydroxylation is 1. The Morgan fingerprint density at radius 2 is 1.88 bits per heavy atom. The van der Waals surface area contributed by atoms with E-state index in [4.69, 9.17) is 14.6 Å². The van der Waals surface area contributed by atoms with Crippen molar-refractivity contribution in [3.8, 4) is 11.5 Å². The van der Waals surface area contributed by atoms with Crippen LogP contribution in [0.15, 0.2) is 61.1 Å². The smallest absolute Gasteiger partial charge is 0.337 e. The highest BCUT2D eigenvalue weighted by atomic mass is 16.5. The van der Waals surface area contributed by atoms with Gasteiger partial charge in [0, 0.05) is 30.2 Å². The number of benzene rings is 1. The van der Waals surface area contributed by atoms with Crippen LogP contribution < -0.4 is 14.8 Å². The highest BCUT2D eigenvalue weighted by Crippen LogP contribution is 2.25. The third-order valence-electron chi connectivity index (χ3n) is 4.37. The minimum absolute atomic E-state index is 0.0392. The number of nitrogens with zero attached hydrogens (tertiary/aromatic N) is 2. The van der Waals surface area contributed by atoms with Gasteiger partial charge in [0.25, 0.3) is 5.91 Å². The summed E-state index contributed by atoms with van der Waals surface area (Å²) in [5, 5.41) is 11.6. The molecule has 0 aliphatic carbocycles. The first-order chi connectivity index (χ1) is 15.4. The number of aromatic nitrogens is 2. The number of hydrogen-bond donors (Lipinski definition) is 2. The summed E-state index contributed by atoms with van der Waals surface area (Å²) in [7, 11) is 0. The molecule has 0 spiro atoms. The fourth-order valence-corrected chi connectivity index (χ4v) is 2.92. The molecule has 3 aromatic rings. The number of hydrogen-bond acceptors (Lipinski definition) is 6. The van der Waals surface area contributed by atoms with E-state index in [1.165, 1.54) is 18.3 Å². The van der Waals surface area contributed by atoms with Gasteiger partial charge in [0.15, 0.2) is 0 Å². The van der Waals surface area contributed by atoms with E-state index in [9.17, 15) is 9.59 Å². The van der Waals surface area contributed by atoms with E-state index in [0.717, 1.165) is 18.4 Å².